The first-order valence-corrected chi connectivity index (χ1v) is 9.72. The number of aromatic amines is 1. The van der Waals surface area contributed by atoms with Crippen molar-refractivity contribution in [3.8, 4) is 16.9 Å². The molecule has 8 N–H and O–H groups in total. The summed E-state index contributed by atoms with van der Waals surface area (Å²) in [5.41, 5.74) is 14.8. The van der Waals surface area contributed by atoms with E-state index in [1.807, 2.05) is 6.07 Å². The van der Waals surface area contributed by atoms with Crippen molar-refractivity contribution in [1.29, 1.82) is 0 Å². The largest absolute Gasteiger partial charge is 0.507 e. The van der Waals surface area contributed by atoms with Crippen molar-refractivity contribution < 1.29 is 5.11 Å². The number of piperidine rings is 1. The van der Waals surface area contributed by atoms with Gasteiger partial charge in [0, 0.05) is 34.6 Å². The Morgan fingerprint density at radius 2 is 1.90 bits per heavy atom. The van der Waals surface area contributed by atoms with Crippen molar-refractivity contribution in [2.45, 2.75) is 57.7 Å². The van der Waals surface area contributed by atoms with Crippen LogP contribution in [0.5, 0.6) is 5.75 Å². The van der Waals surface area contributed by atoms with Crippen LogP contribution in [0.25, 0.3) is 16.8 Å². The average Bonchev–Trinajstić information content (AvgIpc) is 3.11. The Labute approximate surface area is 171 Å². The Kier molecular flexibility index (Phi) is 5.57. The van der Waals surface area contributed by atoms with Gasteiger partial charge >= 0.3 is 0 Å². The van der Waals surface area contributed by atoms with E-state index in [-0.39, 0.29) is 22.9 Å². The number of guanidine groups is 1. The highest BCUT2D eigenvalue weighted by Crippen LogP contribution is 2.30. The van der Waals surface area contributed by atoms with Crippen molar-refractivity contribution in [1.82, 2.24) is 20.8 Å². The zero-order chi connectivity index (χ0) is 21.2. The van der Waals surface area contributed by atoms with Gasteiger partial charge in [-0.15, -0.1) is 0 Å². The van der Waals surface area contributed by atoms with Crippen LogP contribution in [0.15, 0.2) is 41.8 Å². The standard InChI is InChI=1S/C21H31N7O/c1-20(2)8-15(9-21(3,4)28-20)27-19(23)24-12-17(22)16-6-5-13(7-18(16)29)14-10-25-26-11-14/h5-7,10-12,15,28-29H,8-9,22H2,1-4H3,(H,25,26)(H3,23,24,27)/b17-12-. The first-order chi connectivity index (χ1) is 13.5. The summed E-state index contributed by atoms with van der Waals surface area (Å²) in [4.78, 5) is 4.63. The fourth-order valence-electron chi connectivity index (χ4n) is 4.19. The highest BCUT2D eigenvalue weighted by atomic mass is 16.3. The lowest BCUT2D eigenvalue weighted by Crippen LogP contribution is -2.59. The number of nitrogens with one attached hydrogen (secondary N) is 3. The maximum absolute atomic E-state index is 10.4. The van der Waals surface area contributed by atoms with Crippen molar-refractivity contribution in [2.75, 3.05) is 0 Å². The molecular formula is C21H31N7O. The van der Waals surface area contributed by atoms with E-state index in [1.54, 1.807) is 30.7 Å². The predicted molar refractivity (Wildman–Crippen MR) is 117 cm³/mol. The lowest BCUT2D eigenvalue weighted by Gasteiger charge is -2.45. The number of aromatic hydroxyl groups is 1. The Morgan fingerprint density at radius 3 is 2.48 bits per heavy atom. The van der Waals surface area contributed by atoms with Gasteiger partial charge in [-0.3, -0.25) is 5.10 Å². The van der Waals surface area contributed by atoms with E-state index < -0.39 is 0 Å². The second kappa shape index (κ2) is 7.79. The molecule has 0 atom stereocenters. The van der Waals surface area contributed by atoms with Crippen LogP contribution in [0.1, 0.15) is 46.1 Å². The molecule has 1 saturated heterocycles. The number of nitrogens with two attached hydrogens (primary N) is 2. The van der Waals surface area contributed by atoms with Gasteiger partial charge in [-0.25, -0.2) is 4.99 Å². The third kappa shape index (κ3) is 5.29. The van der Waals surface area contributed by atoms with Gasteiger partial charge in [0.05, 0.1) is 17.9 Å². The number of phenols is 1. The number of nitrogens with zero attached hydrogens (tertiary/aromatic N) is 2. The molecule has 8 nitrogen and oxygen atoms in total. The number of benzene rings is 1. The summed E-state index contributed by atoms with van der Waals surface area (Å²) in [5, 5.41) is 23.6. The summed E-state index contributed by atoms with van der Waals surface area (Å²) in [6, 6.07) is 5.40. The molecule has 3 rings (SSSR count). The van der Waals surface area contributed by atoms with E-state index >= 15 is 0 Å². The quantitative estimate of drug-likeness (QED) is 0.346. The molecule has 1 aliphatic rings. The predicted octanol–water partition coefficient (Wildman–Crippen LogP) is 2.25. The van der Waals surface area contributed by atoms with Crippen LogP contribution >= 0.6 is 0 Å². The zero-order valence-corrected chi connectivity index (χ0v) is 17.5. The van der Waals surface area contributed by atoms with E-state index in [1.165, 1.54) is 0 Å². The molecule has 1 aromatic heterocycles. The van der Waals surface area contributed by atoms with E-state index in [9.17, 15) is 5.11 Å². The third-order valence-electron chi connectivity index (χ3n) is 5.01. The molecule has 0 bridgehead atoms. The van der Waals surface area contributed by atoms with Crippen LogP contribution in [0, 0.1) is 0 Å². The number of H-pyrrole nitrogens is 1. The minimum absolute atomic E-state index is 0.00636. The summed E-state index contributed by atoms with van der Waals surface area (Å²) < 4.78 is 0. The van der Waals surface area contributed by atoms with Gasteiger partial charge in [0.15, 0.2) is 5.96 Å². The number of aliphatic imine (C=N–C) groups is 1. The molecule has 0 saturated carbocycles. The van der Waals surface area contributed by atoms with Crippen molar-refractivity contribution in [2.24, 2.45) is 16.5 Å². The molecule has 0 aliphatic carbocycles. The lowest BCUT2D eigenvalue weighted by atomic mass is 9.80. The average molecular weight is 398 g/mol. The maximum atomic E-state index is 10.4. The maximum Gasteiger partial charge on any atom is 0.192 e. The third-order valence-corrected chi connectivity index (χ3v) is 5.01. The first kappa shape index (κ1) is 20.7. The van der Waals surface area contributed by atoms with Gasteiger partial charge in [-0.05, 0) is 58.2 Å². The topological polar surface area (TPSA) is 137 Å². The molecule has 2 heterocycles. The summed E-state index contributed by atoms with van der Waals surface area (Å²) in [5.74, 6) is 0.387. The number of aromatic nitrogens is 2. The highest BCUT2D eigenvalue weighted by Gasteiger charge is 2.37. The van der Waals surface area contributed by atoms with Crippen LogP contribution in [0.3, 0.4) is 0 Å². The Hall–Kier alpha value is -3.00. The normalized spacial score (nSPS) is 19.9. The Balaban J connectivity index is 1.70. The summed E-state index contributed by atoms with van der Waals surface area (Å²) in [6.07, 6.45) is 6.80. The Morgan fingerprint density at radius 1 is 1.21 bits per heavy atom. The van der Waals surface area contributed by atoms with Crippen LogP contribution in [0.4, 0.5) is 0 Å². The van der Waals surface area contributed by atoms with Crippen LogP contribution in [0.2, 0.25) is 0 Å². The molecule has 0 unspecified atom stereocenters. The molecule has 0 radical (unpaired) electrons. The fraction of sp³-hybridized carbons (Fsp3) is 0.429. The second-order valence-corrected chi connectivity index (χ2v) is 8.93. The van der Waals surface area contributed by atoms with Crippen LogP contribution in [-0.4, -0.2) is 38.4 Å². The summed E-state index contributed by atoms with van der Waals surface area (Å²) in [7, 11) is 0. The molecule has 1 fully saturated rings. The minimum atomic E-state index is -0.00636. The van der Waals surface area contributed by atoms with Crippen molar-refractivity contribution >= 4 is 11.7 Å². The molecular weight excluding hydrogens is 366 g/mol. The lowest BCUT2D eigenvalue weighted by molar-refractivity contribution is 0.164. The fourth-order valence-corrected chi connectivity index (χ4v) is 4.19. The van der Waals surface area contributed by atoms with Crippen molar-refractivity contribution in [3.63, 3.8) is 0 Å². The summed E-state index contributed by atoms with van der Waals surface area (Å²) >= 11 is 0. The van der Waals surface area contributed by atoms with Crippen LogP contribution < -0.4 is 22.1 Å². The molecule has 0 amide bonds. The molecule has 1 aliphatic heterocycles. The van der Waals surface area contributed by atoms with Gasteiger partial charge in [-0.2, -0.15) is 5.10 Å². The molecule has 0 spiro atoms. The molecule has 2 aromatic rings. The second-order valence-electron chi connectivity index (χ2n) is 8.93. The SMILES string of the molecule is CC1(C)CC(N=C(N)N/C=C(\N)c2ccc(-c3cn[nH]c3)cc2O)CC(C)(C)N1. The number of hydrogen-bond acceptors (Lipinski definition) is 5. The van der Waals surface area contributed by atoms with E-state index in [0.29, 0.717) is 17.2 Å². The monoisotopic (exact) mass is 397 g/mol. The Bertz CT molecular complexity index is 897. The summed E-state index contributed by atoms with van der Waals surface area (Å²) in [6.45, 7) is 8.70. The number of rotatable bonds is 4. The molecule has 156 valence electrons. The zero-order valence-electron chi connectivity index (χ0n) is 17.5. The van der Waals surface area contributed by atoms with Crippen LogP contribution in [-0.2, 0) is 0 Å². The minimum Gasteiger partial charge on any atom is -0.507 e. The van der Waals surface area contributed by atoms with E-state index in [2.05, 4.69) is 53.5 Å². The smallest absolute Gasteiger partial charge is 0.192 e. The van der Waals surface area contributed by atoms with Gasteiger partial charge in [0.25, 0.3) is 0 Å². The molecule has 8 heteroatoms. The van der Waals surface area contributed by atoms with Gasteiger partial charge in [0.2, 0.25) is 0 Å². The number of phenolic OH excluding ortho intramolecular Hbond substituents is 1. The van der Waals surface area contributed by atoms with Crippen molar-refractivity contribution in [3.05, 3.63) is 42.4 Å². The van der Waals surface area contributed by atoms with E-state index in [4.69, 9.17) is 11.5 Å². The first-order valence-electron chi connectivity index (χ1n) is 9.72. The van der Waals surface area contributed by atoms with Gasteiger partial charge < -0.3 is 27.2 Å². The number of hydrogen-bond donors (Lipinski definition) is 6. The molecule has 29 heavy (non-hydrogen) atoms. The van der Waals surface area contributed by atoms with Gasteiger partial charge in [0.1, 0.15) is 5.75 Å². The van der Waals surface area contributed by atoms with E-state index in [0.717, 1.165) is 24.0 Å². The molecule has 1 aromatic carbocycles. The highest BCUT2D eigenvalue weighted by molar-refractivity contribution is 5.81. The van der Waals surface area contributed by atoms with Gasteiger partial charge in [-0.1, -0.05) is 6.07 Å².